The van der Waals surface area contributed by atoms with E-state index in [2.05, 4.69) is 21.2 Å². The van der Waals surface area contributed by atoms with E-state index in [1.54, 1.807) is 62.6 Å². The number of halogens is 1. The van der Waals surface area contributed by atoms with Crippen molar-refractivity contribution in [2.75, 3.05) is 31.3 Å². The lowest BCUT2D eigenvalue weighted by molar-refractivity contribution is -0.139. The molecule has 0 fully saturated rings. The van der Waals surface area contributed by atoms with Gasteiger partial charge in [-0.2, -0.15) is 0 Å². The van der Waals surface area contributed by atoms with Gasteiger partial charge in [0.1, 0.15) is 18.3 Å². The van der Waals surface area contributed by atoms with Gasteiger partial charge < -0.3 is 15.0 Å². The van der Waals surface area contributed by atoms with Crippen LogP contribution in [0.2, 0.25) is 0 Å². The van der Waals surface area contributed by atoms with Crippen LogP contribution in [0, 0.1) is 0 Å². The van der Waals surface area contributed by atoms with E-state index >= 15 is 0 Å². The van der Waals surface area contributed by atoms with Gasteiger partial charge in [0, 0.05) is 18.1 Å². The van der Waals surface area contributed by atoms with Gasteiger partial charge in [0.05, 0.1) is 19.1 Å². The van der Waals surface area contributed by atoms with Crippen LogP contribution in [0.3, 0.4) is 0 Å². The molecule has 0 spiro atoms. The second-order valence-corrected chi connectivity index (χ2v) is 9.64. The first kappa shape index (κ1) is 24.7. The van der Waals surface area contributed by atoms with Gasteiger partial charge in [-0.15, -0.1) is 0 Å². The van der Waals surface area contributed by atoms with Crippen molar-refractivity contribution in [3.8, 4) is 5.75 Å². The number of ether oxygens (including phenoxy) is 1. The molecule has 0 saturated heterocycles. The Balaban J connectivity index is 2.37. The van der Waals surface area contributed by atoms with Crippen LogP contribution in [-0.4, -0.2) is 58.1 Å². The monoisotopic (exact) mass is 511 g/mol. The summed E-state index contributed by atoms with van der Waals surface area (Å²) in [7, 11) is -0.723. The number of amides is 2. The standard InChI is InChI=1S/C21H26BrN3O5S/c1-15(21(27)23-2)24(13-16-9-11-17(30-3)12-10-16)20(26)14-25(31(4,28)29)19-8-6-5-7-18(19)22/h5-12,15H,13-14H2,1-4H3,(H,23,27)/t15-/m1/s1. The molecule has 0 aliphatic rings. The predicted molar refractivity (Wildman–Crippen MR) is 123 cm³/mol. The molecule has 1 N–H and O–H groups in total. The molecule has 2 amide bonds. The number of hydrogen-bond acceptors (Lipinski definition) is 5. The summed E-state index contributed by atoms with van der Waals surface area (Å²) in [5, 5.41) is 2.54. The largest absolute Gasteiger partial charge is 0.497 e. The van der Waals surface area contributed by atoms with E-state index in [9.17, 15) is 18.0 Å². The number of para-hydroxylation sites is 1. The van der Waals surface area contributed by atoms with E-state index in [0.717, 1.165) is 16.1 Å². The third-order valence-electron chi connectivity index (χ3n) is 4.73. The molecule has 0 aliphatic carbocycles. The number of methoxy groups -OCH3 is 1. The Kier molecular flexibility index (Phi) is 8.46. The highest BCUT2D eigenvalue weighted by atomic mass is 79.9. The topological polar surface area (TPSA) is 96.0 Å². The van der Waals surface area contributed by atoms with E-state index in [1.807, 2.05) is 0 Å². The molecule has 2 aromatic rings. The minimum atomic E-state index is -3.76. The average molecular weight is 512 g/mol. The van der Waals surface area contributed by atoms with Gasteiger partial charge in [0.25, 0.3) is 0 Å². The Hall–Kier alpha value is -2.59. The lowest BCUT2D eigenvalue weighted by Gasteiger charge is -2.31. The maximum atomic E-state index is 13.3. The number of sulfonamides is 1. The fourth-order valence-electron chi connectivity index (χ4n) is 2.97. The van der Waals surface area contributed by atoms with Gasteiger partial charge in [-0.1, -0.05) is 24.3 Å². The predicted octanol–water partition coefficient (Wildman–Crippen LogP) is 2.39. The van der Waals surface area contributed by atoms with Gasteiger partial charge in [0.2, 0.25) is 21.8 Å². The fraction of sp³-hybridized carbons (Fsp3) is 0.333. The molecule has 0 unspecified atom stereocenters. The summed E-state index contributed by atoms with van der Waals surface area (Å²) in [5.74, 6) is -0.195. The zero-order chi connectivity index (χ0) is 23.2. The minimum absolute atomic E-state index is 0.130. The highest BCUT2D eigenvalue weighted by Gasteiger charge is 2.30. The molecule has 0 saturated carbocycles. The number of benzene rings is 2. The van der Waals surface area contributed by atoms with E-state index < -0.39 is 28.5 Å². The summed E-state index contributed by atoms with van der Waals surface area (Å²) in [6.07, 6.45) is 1.04. The zero-order valence-electron chi connectivity index (χ0n) is 17.8. The highest BCUT2D eigenvalue weighted by Crippen LogP contribution is 2.28. The molecule has 0 heterocycles. The van der Waals surface area contributed by atoms with Crippen molar-refractivity contribution in [2.45, 2.75) is 19.5 Å². The molecule has 2 aromatic carbocycles. The van der Waals surface area contributed by atoms with Crippen LogP contribution in [0.15, 0.2) is 53.0 Å². The number of nitrogens with one attached hydrogen (secondary N) is 1. The molecule has 8 nitrogen and oxygen atoms in total. The van der Waals surface area contributed by atoms with E-state index in [1.165, 1.54) is 11.9 Å². The zero-order valence-corrected chi connectivity index (χ0v) is 20.2. The first-order valence-corrected chi connectivity index (χ1v) is 12.1. The number of carbonyl (C=O) groups excluding carboxylic acids is 2. The molecule has 10 heteroatoms. The quantitative estimate of drug-likeness (QED) is 0.557. The summed E-state index contributed by atoms with van der Waals surface area (Å²) in [6.45, 7) is 1.29. The lowest BCUT2D eigenvalue weighted by atomic mass is 10.1. The number of hydrogen-bond donors (Lipinski definition) is 1. The molecule has 0 aromatic heterocycles. The molecule has 168 valence electrons. The van der Waals surface area contributed by atoms with Gasteiger partial charge >= 0.3 is 0 Å². The summed E-state index contributed by atoms with van der Waals surface area (Å²) in [4.78, 5) is 26.9. The number of likely N-dealkylation sites (N-methyl/N-ethyl adjacent to an activating group) is 1. The lowest BCUT2D eigenvalue weighted by Crippen LogP contribution is -2.50. The number of anilines is 1. The van der Waals surface area contributed by atoms with E-state index in [-0.39, 0.29) is 12.5 Å². The van der Waals surface area contributed by atoms with Gasteiger partial charge in [-0.05, 0) is 52.7 Å². The Morgan fingerprint density at radius 3 is 2.26 bits per heavy atom. The Morgan fingerprint density at radius 2 is 1.74 bits per heavy atom. The second-order valence-electron chi connectivity index (χ2n) is 6.88. The van der Waals surface area contributed by atoms with Crippen LogP contribution < -0.4 is 14.4 Å². The molecule has 31 heavy (non-hydrogen) atoms. The first-order valence-electron chi connectivity index (χ1n) is 9.44. The van der Waals surface area contributed by atoms with E-state index in [0.29, 0.717) is 15.9 Å². The Labute approximate surface area is 191 Å². The first-order chi connectivity index (χ1) is 14.6. The molecule has 0 radical (unpaired) electrons. The smallest absolute Gasteiger partial charge is 0.244 e. The SMILES string of the molecule is CNC(=O)[C@@H](C)N(Cc1ccc(OC)cc1)C(=O)CN(c1ccccc1Br)S(C)(=O)=O. The fourth-order valence-corrected chi connectivity index (χ4v) is 4.45. The van der Waals surface area contributed by atoms with Crippen molar-refractivity contribution >= 4 is 43.5 Å². The van der Waals surface area contributed by atoms with Crippen LogP contribution >= 0.6 is 15.9 Å². The Morgan fingerprint density at radius 1 is 1.13 bits per heavy atom. The van der Waals surface area contributed by atoms with Crippen LogP contribution in [0.25, 0.3) is 0 Å². The summed E-state index contributed by atoms with van der Waals surface area (Å²) in [6, 6.07) is 13.0. The normalized spacial score (nSPS) is 12.0. The summed E-state index contributed by atoms with van der Waals surface area (Å²) < 4.78 is 31.7. The van der Waals surface area contributed by atoms with E-state index in [4.69, 9.17) is 4.74 Å². The van der Waals surface area contributed by atoms with Crippen molar-refractivity contribution in [3.63, 3.8) is 0 Å². The molecule has 1 atom stereocenters. The third-order valence-corrected chi connectivity index (χ3v) is 6.52. The number of rotatable bonds is 9. The van der Waals surface area contributed by atoms with Crippen molar-refractivity contribution in [3.05, 3.63) is 58.6 Å². The third kappa shape index (κ3) is 6.44. The van der Waals surface area contributed by atoms with Crippen molar-refractivity contribution in [2.24, 2.45) is 0 Å². The van der Waals surface area contributed by atoms with Crippen LogP contribution in [0.4, 0.5) is 5.69 Å². The molecule has 0 aliphatic heterocycles. The molecular weight excluding hydrogens is 486 g/mol. The maximum Gasteiger partial charge on any atom is 0.244 e. The van der Waals surface area contributed by atoms with Gasteiger partial charge in [0.15, 0.2) is 0 Å². The van der Waals surface area contributed by atoms with Crippen molar-refractivity contribution in [1.82, 2.24) is 10.2 Å². The number of carbonyl (C=O) groups is 2. The van der Waals surface area contributed by atoms with Crippen molar-refractivity contribution < 1.29 is 22.7 Å². The highest BCUT2D eigenvalue weighted by molar-refractivity contribution is 9.10. The molecule has 2 rings (SSSR count). The summed E-state index contributed by atoms with van der Waals surface area (Å²) in [5.41, 5.74) is 1.12. The summed E-state index contributed by atoms with van der Waals surface area (Å²) >= 11 is 3.34. The average Bonchev–Trinajstić information content (AvgIpc) is 2.74. The van der Waals surface area contributed by atoms with Crippen LogP contribution in [0.1, 0.15) is 12.5 Å². The Bertz CT molecular complexity index is 1030. The maximum absolute atomic E-state index is 13.3. The number of nitrogens with zero attached hydrogens (tertiary/aromatic N) is 2. The van der Waals surface area contributed by atoms with Gasteiger partial charge in [-0.3, -0.25) is 13.9 Å². The van der Waals surface area contributed by atoms with Crippen LogP contribution in [0.5, 0.6) is 5.75 Å². The molecular formula is C21H26BrN3O5S. The minimum Gasteiger partial charge on any atom is -0.497 e. The van der Waals surface area contributed by atoms with Crippen LogP contribution in [-0.2, 0) is 26.2 Å². The van der Waals surface area contributed by atoms with Gasteiger partial charge in [-0.25, -0.2) is 8.42 Å². The second kappa shape index (κ2) is 10.6. The molecule has 0 bridgehead atoms. The van der Waals surface area contributed by atoms with Crippen molar-refractivity contribution in [1.29, 1.82) is 0 Å².